The molecule has 4 nitrogen and oxygen atoms in total. The van der Waals surface area contributed by atoms with Gasteiger partial charge >= 0.3 is 0 Å². The highest BCUT2D eigenvalue weighted by Gasteiger charge is 2.72. The summed E-state index contributed by atoms with van der Waals surface area (Å²) in [5.41, 5.74) is 1.81. The summed E-state index contributed by atoms with van der Waals surface area (Å²) in [6, 6.07) is 0. The van der Waals surface area contributed by atoms with E-state index in [4.69, 9.17) is 9.47 Å². The van der Waals surface area contributed by atoms with Crippen LogP contribution in [0.1, 0.15) is 114 Å². The quantitative estimate of drug-likeness (QED) is 0.291. The predicted molar refractivity (Wildman–Crippen MR) is 137 cm³/mol. The Hall–Kier alpha value is -0.680. The Kier molecular flexibility index (Phi) is 6.33. The minimum absolute atomic E-state index is 0.00576. The van der Waals surface area contributed by atoms with Crippen molar-refractivity contribution in [3.05, 3.63) is 23.3 Å². The lowest BCUT2D eigenvalue weighted by Gasteiger charge is -2.49. The van der Waals surface area contributed by atoms with E-state index in [1.54, 1.807) is 0 Å². The van der Waals surface area contributed by atoms with Gasteiger partial charge in [-0.15, -0.1) is 0 Å². The fourth-order valence-electron chi connectivity index (χ4n) is 8.16. The van der Waals surface area contributed by atoms with E-state index in [0.717, 1.165) is 44.1 Å². The molecule has 6 unspecified atom stereocenters. The third-order valence-electron chi connectivity index (χ3n) is 11.8. The number of rotatable bonds is 8. The van der Waals surface area contributed by atoms with E-state index in [-0.39, 0.29) is 21.7 Å². The predicted octanol–water partition coefficient (Wildman–Crippen LogP) is 7.11. The number of hydrogen-bond donors (Lipinski definition) is 2. The lowest BCUT2D eigenvalue weighted by molar-refractivity contribution is -0.382. The van der Waals surface area contributed by atoms with Crippen LogP contribution in [0.15, 0.2) is 23.3 Å². The van der Waals surface area contributed by atoms with Crippen LogP contribution in [0.4, 0.5) is 0 Å². The molecule has 4 bridgehead atoms. The smallest absolute Gasteiger partial charge is 0.183 e. The highest BCUT2D eigenvalue weighted by Crippen LogP contribution is 2.72. The Labute approximate surface area is 208 Å². The molecule has 4 heteroatoms. The number of allylic oxidation sites excluding steroid dienone is 3. The van der Waals surface area contributed by atoms with Crippen molar-refractivity contribution in [1.29, 1.82) is 0 Å². The van der Waals surface area contributed by atoms with Gasteiger partial charge in [0.2, 0.25) is 0 Å². The molecule has 2 N–H and O–H groups in total. The molecular formula is C30H50O4. The van der Waals surface area contributed by atoms with Gasteiger partial charge in [-0.05, 0) is 88.0 Å². The van der Waals surface area contributed by atoms with E-state index in [2.05, 4.69) is 68.4 Å². The average Bonchev–Trinajstić information content (AvgIpc) is 3.17. The maximum absolute atomic E-state index is 11.9. The number of fused-ring (bicyclic) bond motifs is 4. The third kappa shape index (κ3) is 3.61. The van der Waals surface area contributed by atoms with Gasteiger partial charge in [0.25, 0.3) is 0 Å². The lowest BCUT2D eigenvalue weighted by atomic mass is 9.68. The summed E-state index contributed by atoms with van der Waals surface area (Å²) in [6.45, 7) is 19.8. The second-order valence-electron chi connectivity index (χ2n) is 14.0. The van der Waals surface area contributed by atoms with Gasteiger partial charge in [0.05, 0.1) is 0 Å². The van der Waals surface area contributed by atoms with Gasteiger partial charge in [0, 0.05) is 23.7 Å². The van der Waals surface area contributed by atoms with Gasteiger partial charge < -0.3 is 19.7 Å². The van der Waals surface area contributed by atoms with Crippen LogP contribution in [0.5, 0.6) is 0 Å². The highest BCUT2D eigenvalue weighted by atomic mass is 16.8. The van der Waals surface area contributed by atoms with Crippen LogP contribution in [0.3, 0.4) is 0 Å². The van der Waals surface area contributed by atoms with Crippen LogP contribution in [0, 0.1) is 33.5 Å². The Bertz CT molecular complexity index is 815. The monoisotopic (exact) mass is 474 g/mol. The van der Waals surface area contributed by atoms with Crippen LogP contribution in [0.25, 0.3) is 0 Å². The van der Waals surface area contributed by atoms with E-state index in [9.17, 15) is 10.2 Å². The maximum atomic E-state index is 11.9. The molecule has 4 aliphatic carbocycles. The molecule has 0 aromatic heterocycles. The van der Waals surface area contributed by atoms with E-state index in [0.29, 0.717) is 24.7 Å². The normalized spacial score (nSPS) is 45.1. The Balaban J connectivity index is 1.62. The van der Waals surface area contributed by atoms with E-state index < -0.39 is 17.9 Å². The largest absolute Gasteiger partial charge is 0.365 e. The van der Waals surface area contributed by atoms with Gasteiger partial charge in [0.15, 0.2) is 17.9 Å². The van der Waals surface area contributed by atoms with Crippen LogP contribution in [-0.4, -0.2) is 28.1 Å². The molecule has 0 spiro atoms. The van der Waals surface area contributed by atoms with Gasteiger partial charge in [0.1, 0.15) is 0 Å². The van der Waals surface area contributed by atoms with Crippen molar-refractivity contribution in [3.63, 3.8) is 0 Å². The van der Waals surface area contributed by atoms with E-state index in [1.807, 2.05) is 6.08 Å². The molecule has 0 heterocycles. The van der Waals surface area contributed by atoms with Crippen molar-refractivity contribution in [2.45, 2.75) is 132 Å². The van der Waals surface area contributed by atoms with Crippen LogP contribution in [-0.2, 0) is 9.47 Å². The zero-order valence-corrected chi connectivity index (χ0v) is 23.3. The highest BCUT2D eigenvalue weighted by molar-refractivity contribution is 5.17. The van der Waals surface area contributed by atoms with Crippen molar-refractivity contribution >= 4 is 0 Å². The average molecular weight is 475 g/mol. The van der Waals surface area contributed by atoms with Crippen molar-refractivity contribution < 1.29 is 19.7 Å². The molecule has 0 aromatic rings. The molecule has 0 saturated heterocycles. The standard InChI is InChI=1S/C30H50O4/c1-20(2)11-10-12-21(3)17-24(33-29(31)18-22-13-15-27(29,8)25(22,4)5)34-30(32)19-23-14-16-28(30,9)26(23,6)7/h11,17,22-24,31-32H,10,12-16,18-19H2,1-9H3. The number of hydrogen-bond acceptors (Lipinski definition) is 4. The van der Waals surface area contributed by atoms with Gasteiger partial charge in [-0.1, -0.05) is 58.8 Å². The Morgan fingerprint density at radius 2 is 1.26 bits per heavy atom. The fraction of sp³-hybridized carbons (Fsp3) is 0.867. The molecule has 0 aliphatic heterocycles. The first kappa shape index (κ1) is 26.4. The van der Waals surface area contributed by atoms with Gasteiger partial charge in [-0.2, -0.15) is 0 Å². The summed E-state index contributed by atoms with van der Waals surface area (Å²) < 4.78 is 13.2. The molecule has 4 saturated carbocycles. The molecule has 4 aliphatic rings. The summed E-state index contributed by atoms with van der Waals surface area (Å²) in [5.74, 6) is -1.64. The molecule has 6 atom stereocenters. The second-order valence-corrected chi connectivity index (χ2v) is 14.0. The zero-order chi connectivity index (χ0) is 25.4. The van der Waals surface area contributed by atoms with Crippen molar-refractivity contribution in [2.24, 2.45) is 33.5 Å². The summed E-state index contributed by atoms with van der Waals surface area (Å²) >= 11 is 0. The summed E-state index contributed by atoms with van der Waals surface area (Å²) in [7, 11) is 0. The molecule has 4 fully saturated rings. The summed E-state index contributed by atoms with van der Waals surface area (Å²) in [6.07, 6.45) is 10.8. The first-order valence-electron chi connectivity index (χ1n) is 13.6. The Morgan fingerprint density at radius 1 is 0.824 bits per heavy atom. The zero-order valence-electron chi connectivity index (χ0n) is 23.3. The lowest BCUT2D eigenvalue weighted by Crippen LogP contribution is -2.55. The first-order valence-corrected chi connectivity index (χ1v) is 13.6. The van der Waals surface area contributed by atoms with E-state index >= 15 is 0 Å². The number of aliphatic hydroxyl groups is 2. The maximum Gasteiger partial charge on any atom is 0.183 e. The summed E-state index contributed by atoms with van der Waals surface area (Å²) in [5, 5.41) is 23.9. The molecule has 194 valence electrons. The minimum atomic E-state index is -1.26. The summed E-state index contributed by atoms with van der Waals surface area (Å²) in [4.78, 5) is 0. The van der Waals surface area contributed by atoms with Crippen LogP contribution >= 0.6 is 0 Å². The van der Waals surface area contributed by atoms with Gasteiger partial charge in [-0.3, -0.25) is 0 Å². The minimum Gasteiger partial charge on any atom is -0.365 e. The van der Waals surface area contributed by atoms with Crippen LogP contribution in [0.2, 0.25) is 0 Å². The van der Waals surface area contributed by atoms with E-state index in [1.165, 1.54) is 5.57 Å². The molecule has 0 aromatic carbocycles. The SMILES string of the molecule is CC(C)=CCCC(C)=CC(OC1(O)CC2CCC1(C)C2(C)C)OC1(O)CC2CCC1(C)C2(C)C. The molecule has 0 amide bonds. The molecular weight excluding hydrogens is 424 g/mol. The number of ether oxygens (including phenoxy) is 2. The molecule has 0 radical (unpaired) electrons. The topological polar surface area (TPSA) is 58.9 Å². The first-order chi connectivity index (χ1) is 15.5. The van der Waals surface area contributed by atoms with Gasteiger partial charge in [-0.25, -0.2) is 0 Å². The van der Waals surface area contributed by atoms with Crippen molar-refractivity contribution in [1.82, 2.24) is 0 Å². The molecule has 4 rings (SSSR count). The molecule has 34 heavy (non-hydrogen) atoms. The Morgan fingerprint density at radius 3 is 1.59 bits per heavy atom. The van der Waals surface area contributed by atoms with Crippen molar-refractivity contribution in [2.75, 3.05) is 0 Å². The second kappa shape index (κ2) is 8.16. The fourth-order valence-corrected chi connectivity index (χ4v) is 8.16. The third-order valence-corrected chi connectivity index (χ3v) is 11.8. The van der Waals surface area contributed by atoms with Crippen LogP contribution < -0.4 is 0 Å². The van der Waals surface area contributed by atoms with Crippen molar-refractivity contribution in [3.8, 4) is 0 Å².